The van der Waals surface area contributed by atoms with Crippen LogP contribution in [-0.4, -0.2) is 37.7 Å². The Morgan fingerprint density at radius 1 is 1.38 bits per heavy atom. The summed E-state index contributed by atoms with van der Waals surface area (Å²) in [4.78, 5) is 15.3. The van der Waals surface area contributed by atoms with Gasteiger partial charge in [-0.15, -0.1) is 0 Å². The standard InChI is InChI=1S/C14H18N2O5/c1-8(2)10-7-21-14(15-10)9-5-6-11(19-3)13(20-4)12(9)16(17)18/h5-6,8,10H,7H2,1-4H3/t10-/m1/s1. The van der Waals surface area contributed by atoms with Crippen LogP contribution in [0.3, 0.4) is 0 Å². The SMILES string of the molecule is COc1ccc(C2=N[C@@H](C(C)C)CO2)c([N+](=O)[O-])c1OC. The highest BCUT2D eigenvalue weighted by atomic mass is 16.6. The van der Waals surface area contributed by atoms with Crippen molar-refractivity contribution >= 4 is 11.6 Å². The normalized spacial score (nSPS) is 17.4. The largest absolute Gasteiger partial charge is 0.493 e. The van der Waals surface area contributed by atoms with Gasteiger partial charge in [-0.25, -0.2) is 4.99 Å². The number of rotatable bonds is 5. The summed E-state index contributed by atoms with van der Waals surface area (Å²) in [5.41, 5.74) is 0.112. The van der Waals surface area contributed by atoms with Gasteiger partial charge in [0.25, 0.3) is 0 Å². The van der Waals surface area contributed by atoms with E-state index in [0.29, 0.717) is 23.8 Å². The van der Waals surface area contributed by atoms with Crippen LogP contribution in [0.1, 0.15) is 19.4 Å². The van der Waals surface area contributed by atoms with Crippen LogP contribution in [0.4, 0.5) is 5.69 Å². The Balaban J connectivity index is 2.55. The first-order valence-corrected chi connectivity index (χ1v) is 6.60. The Kier molecular flexibility index (Phi) is 4.30. The fourth-order valence-corrected chi connectivity index (χ4v) is 2.14. The zero-order chi connectivity index (χ0) is 15.6. The van der Waals surface area contributed by atoms with Crippen LogP contribution in [0.2, 0.25) is 0 Å². The molecule has 0 unspecified atom stereocenters. The third-order valence-corrected chi connectivity index (χ3v) is 3.38. The van der Waals surface area contributed by atoms with Gasteiger partial charge in [0.15, 0.2) is 5.75 Å². The predicted octanol–water partition coefficient (Wildman–Crippen LogP) is 2.41. The van der Waals surface area contributed by atoms with E-state index in [4.69, 9.17) is 14.2 Å². The zero-order valence-electron chi connectivity index (χ0n) is 12.5. The molecule has 0 aromatic heterocycles. The molecule has 1 aromatic rings. The average molecular weight is 294 g/mol. The summed E-state index contributed by atoms with van der Waals surface area (Å²) in [6.45, 7) is 4.49. The first kappa shape index (κ1) is 15.1. The smallest absolute Gasteiger partial charge is 0.327 e. The molecular weight excluding hydrogens is 276 g/mol. The lowest BCUT2D eigenvalue weighted by atomic mass is 10.1. The monoisotopic (exact) mass is 294 g/mol. The lowest BCUT2D eigenvalue weighted by Crippen LogP contribution is -2.13. The minimum absolute atomic E-state index is 0.00713. The van der Waals surface area contributed by atoms with Gasteiger partial charge in [-0.2, -0.15) is 0 Å². The van der Waals surface area contributed by atoms with Gasteiger partial charge in [0.05, 0.1) is 25.2 Å². The Morgan fingerprint density at radius 3 is 2.57 bits per heavy atom. The molecule has 1 aliphatic heterocycles. The maximum absolute atomic E-state index is 11.4. The van der Waals surface area contributed by atoms with Crippen molar-refractivity contribution < 1.29 is 19.1 Å². The maximum Gasteiger partial charge on any atom is 0.327 e. The highest BCUT2D eigenvalue weighted by molar-refractivity contribution is 6.00. The van der Waals surface area contributed by atoms with E-state index >= 15 is 0 Å². The van der Waals surface area contributed by atoms with Crippen molar-refractivity contribution in [3.8, 4) is 11.5 Å². The Morgan fingerprint density at radius 2 is 2.10 bits per heavy atom. The van der Waals surface area contributed by atoms with Crippen LogP contribution in [0.25, 0.3) is 0 Å². The molecular formula is C14H18N2O5. The van der Waals surface area contributed by atoms with Gasteiger partial charge in [-0.05, 0) is 18.1 Å². The van der Waals surface area contributed by atoms with E-state index in [0.717, 1.165) is 0 Å². The van der Waals surface area contributed by atoms with Crippen molar-refractivity contribution in [2.45, 2.75) is 19.9 Å². The number of benzene rings is 1. The molecule has 0 saturated heterocycles. The zero-order valence-corrected chi connectivity index (χ0v) is 12.5. The second kappa shape index (κ2) is 5.99. The molecule has 0 amide bonds. The van der Waals surface area contributed by atoms with Crippen molar-refractivity contribution in [2.24, 2.45) is 10.9 Å². The Hall–Kier alpha value is -2.31. The fraction of sp³-hybridized carbons (Fsp3) is 0.500. The van der Waals surface area contributed by atoms with Gasteiger partial charge in [-0.1, -0.05) is 13.8 Å². The molecule has 0 aliphatic carbocycles. The lowest BCUT2D eigenvalue weighted by Gasteiger charge is -2.10. The van der Waals surface area contributed by atoms with Crippen LogP contribution in [0, 0.1) is 16.0 Å². The minimum atomic E-state index is -0.509. The molecule has 0 bridgehead atoms. The van der Waals surface area contributed by atoms with Crippen LogP contribution < -0.4 is 9.47 Å². The van der Waals surface area contributed by atoms with E-state index in [1.54, 1.807) is 12.1 Å². The number of nitro benzene ring substituents is 1. The Labute approximate surface area is 122 Å². The molecule has 114 valence electrons. The van der Waals surface area contributed by atoms with E-state index < -0.39 is 4.92 Å². The van der Waals surface area contributed by atoms with Crippen LogP contribution in [-0.2, 0) is 4.74 Å². The van der Waals surface area contributed by atoms with Crippen molar-refractivity contribution in [2.75, 3.05) is 20.8 Å². The molecule has 7 heteroatoms. The van der Waals surface area contributed by atoms with Crippen LogP contribution in [0.5, 0.6) is 11.5 Å². The molecule has 0 radical (unpaired) electrons. The summed E-state index contributed by atoms with van der Waals surface area (Å²) < 4.78 is 15.7. The van der Waals surface area contributed by atoms with E-state index in [1.807, 2.05) is 13.8 Å². The van der Waals surface area contributed by atoms with Gasteiger partial charge in [0.1, 0.15) is 12.2 Å². The molecule has 0 fully saturated rings. The molecule has 1 aromatic carbocycles. The van der Waals surface area contributed by atoms with Gasteiger partial charge in [-0.3, -0.25) is 10.1 Å². The van der Waals surface area contributed by atoms with E-state index in [-0.39, 0.29) is 23.4 Å². The summed E-state index contributed by atoms with van der Waals surface area (Å²) in [5.74, 6) is 0.953. The number of ether oxygens (including phenoxy) is 3. The number of nitro groups is 1. The van der Waals surface area contributed by atoms with Crippen LogP contribution in [0.15, 0.2) is 17.1 Å². The molecule has 1 aliphatic rings. The summed E-state index contributed by atoms with van der Waals surface area (Å²) >= 11 is 0. The number of hydrogen-bond acceptors (Lipinski definition) is 6. The summed E-state index contributed by atoms with van der Waals surface area (Å²) in [5, 5.41) is 11.4. The van der Waals surface area contributed by atoms with Gasteiger partial charge in [0, 0.05) is 0 Å². The quantitative estimate of drug-likeness (QED) is 0.615. The third kappa shape index (κ3) is 2.76. The maximum atomic E-state index is 11.4. The predicted molar refractivity (Wildman–Crippen MR) is 77.3 cm³/mol. The topological polar surface area (TPSA) is 83.2 Å². The van der Waals surface area contributed by atoms with Gasteiger partial charge in [0.2, 0.25) is 11.6 Å². The summed E-state index contributed by atoms with van der Waals surface area (Å²) in [6.07, 6.45) is 0. The first-order valence-electron chi connectivity index (χ1n) is 6.60. The highest BCUT2D eigenvalue weighted by Crippen LogP contribution is 2.40. The van der Waals surface area contributed by atoms with Gasteiger partial charge < -0.3 is 14.2 Å². The van der Waals surface area contributed by atoms with Crippen molar-refractivity contribution in [1.29, 1.82) is 0 Å². The molecule has 2 rings (SSSR count). The van der Waals surface area contributed by atoms with Crippen molar-refractivity contribution in [3.63, 3.8) is 0 Å². The number of hydrogen-bond donors (Lipinski definition) is 0. The second-order valence-corrected chi connectivity index (χ2v) is 5.01. The molecule has 7 nitrogen and oxygen atoms in total. The number of nitrogens with zero attached hydrogens (tertiary/aromatic N) is 2. The lowest BCUT2D eigenvalue weighted by molar-refractivity contribution is -0.386. The summed E-state index contributed by atoms with van der Waals surface area (Å²) in [6, 6.07) is 3.18. The molecule has 0 spiro atoms. The van der Waals surface area contributed by atoms with Crippen molar-refractivity contribution in [1.82, 2.24) is 0 Å². The molecule has 0 N–H and O–H groups in total. The summed E-state index contributed by atoms with van der Waals surface area (Å²) in [7, 11) is 2.79. The number of aliphatic imine (C=N–C) groups is 1. The molecule has 21 heavy (non-hydrogen) atoms. The third-order valence-electron chi connectivity index (χ3n) is 3.38. The number of methoxy groups -OCH3 is 2. The van der Waals surface area contributed by atoms with Gasteiger partial charge >= 0.3 is 5.69 Å². The van der Waals surface area contributed by atoms with E-state index in [1.165, 1.54) is 14.2 Å². The first-order chi connectivity index (χ1) is 9.99. The molecule has 1 atom stereocenters. The van der Waals surface area contributed by atoms with E-state index in [9.17, 15) is 10.1 Å². The Bertz CT molecular complexity index is 583. The molecule has 0 saturated carbocycles. The highest BCUT2D eigenvalue weighted by Gasteiger charge is 2.32. The molecule has 1 heterocycles. The fourth-order valence-electron chi connectivity index (χ4n) is 2.14. The second-order valence-electron chi connectivity index (χ2n) is 5.01. The van der Waals surface area contributed by atoms with Crippen LogP contribution >= 0.6 is 0 Å². The van der Waals surface area contributed by atoms with Crippen molar-refractivity contribution in [3.05, 3.63) is 27.8 Å². The minimum Gasteiger partial charge on any atom is -0.493 e. The van der Waals surface area contributed by atoms with E-state index in [2.05, 4.69) is 4.99 Å². The average Bonchev–Trinajstić information content (AvgIpc) is 2.95.